The summed E-state index contributed by atoms with van der Waals surface area (Å²) in [6.07, 6.45) is 11.1. The van der Waals surface area contributed by atoms with E-state index in [1.165, 1.54) is 43.5 Å². The molecule has 0 amide bonds. The van der Waals surface area contributed by atoms with Crippen molar-refractivity contribution < 1.29 is 0 Å². The number of hydrogen-bond acceptors (Lipinski definition) is 3. The van der Waals surface area contributed by atoms with Gasteiger partial charge in [0.2, 0.25) is 0 Å². The third-order valence-corrected chi connectivity index (χ3v) is 4.98. The molecule has 0 bridgehead atoms. The van der Waals surface area contributed by atoms with Crippen LogP contribution in [0, 0.1) is 6.92 Å². The predicted molar refractivity (Wildman–Crippen MR) is 106 cm³/mol. The van der Waals surface area contributed by atoms with E-state index in [1.54, 1.807) is 11.3 Å². The molecule has 1 fully saturated rings. The van der Waals surface area contributed by atoms with Gasteiger partial charge < -0.3 is 11.1 Å². The monoisotopic (exact) mass is 436 g/mol. The molecule has 1 saturated carbocycles. The zero-order valence-corrected chi connectivity index (χ0v) is 16.7. The van der Waals surface area contributed by atoms with Gasteiger partial charge in [-0.2, -0.15) is 0 Å². The molecule has 1 aliphatic rings. The first-order valence-corrected chi connectivity index (χ1v) is 9.09. The van der Waals surface area contributed by atoms with Crippen LogP contribution in [0.1, 0.15) is 62.1 Å². The highest BCUT2D eigenvalue weighted by atomic mass is 127. The van der Waals surface area contributed by atoms with Crippen molar-refractivity contribution in [3.8, 4) is 0 Å². The second-order valence-electron chi connectivity index (χ2n) is 5.94. The summed E-state index contributed by atoms with van der Waals surface area (Å²) in [6.45, 7) is 2.86. The van der Waals surface area contributed by atoms with Crippen LogP contribution in [0.5, 0.6) is 0 Å². The van der Waals surface area contributed by atoms with Gasteiger partial charge in [0.15, 0.2) is 5.96 Å². The second-order valence-corrected chi connectivity index (χ2v) is 6.88. The van der Waals surface area contributed by atoms with Crippen molar-refractivity contribution in [3.63, 3.8) is 0 Å². The zero-order valence-electron chi connectivity index (χ0n) is 13.5. The van der Waals surface area contributed by atoms with E-state index < -0.39 is 0 Å². The number of hydrogen-bond donors (Lipinski definition) is 2. The summed E-state index contributed by atoms with van der Waals surface area (Å²) in [7, 11) is 0. The van der Waals surface area contributed by atoms with Crippen molar-refractivity contribution in [2.45, 2.75) is 70.8 Å². The number of unbranched alkanes of at least 4 members (excludes halogenated alkanes) is 1. The summed E-state index contributed by atoms with van der Waals surface area (Å²) in [4.78, 5) is 8.93. The van der Waals surface area contributed by atoms with Crippen LogP contribution in [-0.2, 0) is 6.42 Å². The largest absolute Gasteiger partial charge is 0.370 e. The van der Waals surface area contributed by atoms with Gasteiger partial charge in [0.25, 0.3) is 0 Å². The Balaban J connectivity index is 0.00000242. The van der Waals surface area contributed by atoms with Crippen LogP contribution in [0.4, 0.5) is 0 Å². The smallest absolute Gasteiger partial charge is 0.188 e. The van der Waals surface area contributed by atoms with Gasteiger partial charge in [-0.05, 0) is 39.0 Å². The van der Waals surface area contributed by atoms with Crippen molar-refractivity contribution in [3.05, 3.63) is 16.1 Å². The molecule has 0 saturated heterocycles. The first-order chi connectivity index (χ1) is 10.2. The standard InChI is InChI=1S/C16H28N4S.HI/c1-13-12-21-15(19-13)10-6-7-11-18-16(17)20-14-8-4-2-3-5-9-14;/h12,14H,2-11H2,1H3,(H3,17,18,20);1H. The molecular weight excluding hydrogens is 407 g/mol. The second kappa shape index (κ2) is 11.2. The third kappa shape index (κ3) is 7.76. The van der Waals surface area contributed by atoms with Crippen LogP contribution in [0.25, 0.3) is 0 Å². The minimum Gasteiger partial charge on any atom is -0.370 e. The molecule has 0 aliphatic heterocycles. The van der Waals surface area contributed by atoms with E-state index in [4.69, 9.17) is 5.73 Å². The molecule has 2 rings (SSSR count). The summed E-state index contributed by atoms with van der Waals surface area (Å²) < 4.78 is 0. The fraction of sp³-hybridized carbons (Fsp3) is 0.750. The maximum absolute atomic E-state index is 5.98. The van der Waals surface area contributed by atoms with E-state index in [1.807, 2.05) is 6.92 Å². The van der Waals surface area contributed by atoms with Gasteiger partial charge in [-0.3, -0.25) is 4.99 Å². The minimum absolute atomic E-state index is 0. The third-order valence-electron chi connectivity index (χ3n) is 3.95. The predicted octanol–water partition coefficient (Wildman–Crippen LogP) is 4.02. The summed E-state index contributed by atoms with van der Waals surface area (Å²) in [5.74, 6) is 0.631. The molecule has 0 radical (unpaired) electrons. The number of rotatable bonds is 6. The molecule has 1 aromatic heterocycles. The van der Waals surface area contributed by atoms with Gasteiger partial charge in [-0.15, -0.1) is 35.3 Å². The van der Waals surface area contributed by atoms with Crippen molar-refractivity contribution in [2.75, 3.05) is 6.54 Å². The van der Waals surface area contributed by atoms with Gasteiger partial charge in [0.1, 0.15) is 0 Å². The van der Waals surface area contributed by atoms with Crippen LogP contribution in [0.3, 0.4) is 0 Å². The maximum atomic E-state index is 5.98. The first-order valence-electron chi connectivity index (χ1n) is 8.21. The SMILES string of the molecule is Cc1csc(CCCCN=C(N)NC2CCCCCC2)n1.I. The Labute approximate surface area is 155 Å². The maximum Gasteiger partial charge on any atom is 0.188 e. The van der Waals surface area contributed by atoms with E-state index >= 15 is 0 Å². The Morgan fingerprint density at radius 3 is 2.68 bits per heavy atom. The normalized spacial score (nSPS) is 16.9. The van der Waals surface area contributed by atoms with Gasteiger partial charge in [0, 0.05) is 23.7 Å². The van der Waals surface area contributed by atoms with Crippen molar-refractivity contribution in [2.24, 2.45) is 10.7 Å². The Morgan fingerprint density at radius 1 is 1.32 bits per heavy atom. The Bertz CT molecular complexity index is 439. The number of nitrogens with one attached hydrogen (secondary N) is 1. The van der Waals surface area contributed by atoms with E-state index in [0.717, 1.165) is 31.5 Å². The minimum atomic E-state index is 0. The molecule has 22 heavy (non-hydrogen) atoms. The molecule has 4 nitrogen and oxygen atoms in total. The van der Waals surface area contributed by atoms with Crippen molar-refractivity contribution in [1.82, 2.24) is 10.3 Å². The topological polar surface area (TPSA) is 63.3 Å². The highest BCUT2D eigenvalue weighted by Gasteiger charge is 2.11. The van der Waals surface area contributed by atoms with Gasteiger partial charge in [0.05, 0.1) is 5.01 Å². The Hall–Kier alpha value is -0.370. The molecule has 6 heteroatoms. The molecule has 0 unspecified atom stereocenters. The average molecular weight is 436 g/mol. The Kier molecular flexibility index (Phi) is 10.0. The number of nitrogens with zero attached hydrogens (tertiary/aromatic N) is 2. The first kappa shape index (κ1) is 19.7. The number of aliphatic imine (C=N–C) groups is 1. The van der Waals surface area contributed by atoms with E-state index in [2.05, 4.69) is 20.7 Å². The Morgan fingerprint density at radius 2 is 2.05 bits per heavy atom. The fourth-order valence-corrected chi connectivity index (χ4v) is 3.60. The molecule has 0 spiro atoms. The molecular formula is C16H29IN4S. The highest BCUT2D eigenvalue weighted by molar-refractivity contribution is 14.0. The van der Waals surface area contributed by atoms with Crippen LogP contribution in [-0.4, -0.2) is 23.5 Å². The van der Waals surface area contributed by atoms with E-state index in [0.29, 0.717) is 12.0 Å². The number of nitrogens with two attached hydrogens (primary N) is 1. The molecule has 0 aromatic carbocycles. The van der Waals surface area contributed by atoms with Crippen molar-refractivity contribution >= 4 is 41.3 Å². The quantitative estimate of drug-likeness (QED) is 0.233. The van der Waals surface area contributed by atoms with Crippen molar-refractivity contribution in [1.29, 1.82) is 0 Å². The van der Waals surface area contributed by atoms with Crippen LogP contribution < -0.4 is 11.1 Å². The van der Waals surface area contributed by atoms with Gasteiger partial charge in [-0.1, -0.05) is 25.7 Å². The summed E-state index contributed by atoms with van der Waals surface area (Å²) in [6, 6.07) is 0.537. The molecule has 126 valence electrons. The molecule has 3 N–H and O–H groups in total. The number of guanidine groups is 1. The fourth-order valence-electron chi connectivity index (χ4n) is 2.78. The lowest BCUT2D eigenvalue weighted by atomic mass is 10.1. The lowest BCUT2D eigenvalue weighted by Crippen LogP contribution is -2.39. The molecule has 1 heterocycles. The lowest BCUT2D eigenvalue weighted by molar-refractivity contribution is 0.529. The summed E-state index contributed by atoms with van der Waals surface area (Å²) in [5.41, 5.74) is 7.11. The van der Waals surface area contributed by atoms with Gasteiger partial charge >= 0.3 is 0 Å². The average Bonchev–Trinajstić information content (AvgIpc) is 2.72. The molecule has 0 atom stereocenters. The molecule has 1 aliphatic carbocycles. The van der Waals surface area contributed by atoms with Crippen LogP contribution in [0.2, 0.25) is 0 Å². The highest BCUT2D eigenvalue weighted by Crippen LogP contribution is 2.17. The summed E-state index contributed by atoms with van der Waals surface area (Å²) in [5, 5.41) is 6.74. The van der Waals surface area contributed by atoms with E-state index in [-0.39, 0.29) is 24.0 Å². The van der Waals surface area contributed by atoms with Crippen LogP contribution in [0.15, 0.2) is 10.4 Å². The summed E-state index contributed by atoms with van der Waals surface area (Å²) >= 11 is 1.76. The number of thiazole rings is 1. The number of halogens is 1. The van der Waals surface area contributed by atoms with E-state index in [9.17, 15) is 0 Å². The zero-order chi connectivity index (χ0) is 14.9. The molecule has 1 aromatic rings. The number of aromatic nitrogens is 1. The van der Waals surface area contributed by atoms with Gasteiger partial charge in [-0.25, -0.2) is 4.98 Å². The van der Waals surface area contributed by atoms with Crippen LogP contribution >= 0.6 is 35.3 Å². The lowest BCUT2D eigenvalue weighted by Gasteiger charge is -2.16. The number of aryl methyl sites for hydroxylation is 2.